The quantitative estimate of drug-likeness (QED) is 0.492. The Morgan fingerprint density at radius 2 is 1.90 bits per heavy atom. The number of benzene rings is 2. The molecule has 1 aliphatic rings. The molecule has 0 spiro atoms. The van der Waals surface area contributed by atoms with Crippen LogP contribution in [0.3, 0.4) is 0 Å². The predicted molar refractivity (Wildman–Crippen MR) is 121 cm³/mol. The van der Waals surface area contributed by atoms with Crippen molar-refractivity contribution in [2.45, 2.75) is 13.3 Å². The number of rotatable bonds is 4. The molecule has 0 bridgehead atoms. The van der Waals surface area contributed by atoms with E-state index in [4.69, 9.17) is 14.8 Å². The third-order valence-electron chi connectivity index (χ3n) is 5.74. The minimum absolute atomic E-state index is 0.727. The van der Waals surface area contributed by atoms with Crippen molar-refractivity contribution >= 4 is 28.5 Å². The first kappa shape index (κ1) is 18.8. The number of nitrogens with zero attached hydrogens (tertiary/aromatic N) is 5. The topological polar surface area (TPSA) is 55.0 Å². The van der Waals surface area contributed by atoms with Crippen molar-refractivity contribution in [1.29, 1.82) is 0 Å². The SMILES string of the molecule is CN=Cc1cc(N2CCOCC2)nc2c(Cc3cccc4ccccc34)c(C)nn12. The van der Waals surface area contributed by atoms with Gasteiger partial charge in [-0.2, -0.15) is 5.10 Å². The lowest BCUT2D eigenvalue weighted by Gasteiger charge is -2.28. The summed E-state index contributed by atoms with van der Waals surface area (Å²) in [5, 5.41) is 7.34. The van der Waals surface area contributed by atoms with Crippen LogP contribution in [0.25, 0.3) is 16.4 Å². The van der Waals surface area contributed by atoms with Gasteiger partial charge >= 0.3 is 0 Å². The summed E-state index contributed by atoms with van der Waals surface area (Å²) in [7, 11) is 1.79. The number of ether oxygens (including phenoxy) is 1. The highest BCUT2D eigenvalue weighted by Gasteiger charge is 2.19. The van der Waals surface area contributed by atoms with Gasteiger partial charge in [0.25, 0.3) is 0 Å². The average Bonchev–Trinajstić information content (AvgIpc) is 3.10. The van der Waals surface area contributed by atoms with Crippen molar-refractivity contribution in [3.8, 4) is 0 Å². The van der Waals surface area contributed by atoms with Crippen molar-refractivity contribution in [3.63, 3.8) is 0 Å². The van der Waals surface area contributed by atoms with Crippen molar-refractivity contribution < 1.29 is 4.74 Å². The van der Waals surface area contributed by atoms with E-state index in [0.717, 1.165) is 61.1 Å². The Bertz CT molecular complexity index is 1230. The molecule has 2 aromatic heterocycles. The molecule has 30 heavy (non-hydrogen) atoms. The van der Waals surface area contributed by atoms with Crippen LogP contribution in [0.2, 0.25) is 0 Å². The van der Waals surface area contributed by atoms with E-state index in [1.807, 2.05) is 10.7 Å². The number of aromatic nitrogens is 3. The maximum Gasteiger partial charge on any atom is 0.161 e. The molecule has 1 aliphatic heterocycles. The van der Waals surface area contributed by atoms with Gasteiger partial charge in [-0.05, 0) is 23.3 Å². The van der Waals surface area contributed by atoms with Crippen LogP contribution in [-0.4, -0.2) is 54.2 Å². The van der Waals surface area contributed by atoms with E-state index in [0.29, 0.717) is 0 Å². The molecule has 0 radical (unpaired) electrons. The Balaban J connectivity index is 1.66. The Hall–Kier alpha value is -3.25. The highest BCUT2D eigenvalue weighted by atomic mass is 16.5. The smallest absolute Gasteiger partial charge is 0.161 e. The fourth-order valence-corrected chi connectivity index (χ4v) is 4.20. The van der Waals surface area contributed by atoms with Gasteiger partial charge in [0.2, 0.25) is 0 Å². The minimum Gasteiger partial charge on any atom is -0.378 e. The van der Waals surface area contributed by atoms with E-state index >= 15 is 0 Å². The van der Waals surface area contributed by atoms with E-state index in [1.165, 1.54) is 16.3 Å². The third-order valence-corrected chi connectivity index (χ3v) is 5.74. The van der Waals surface area contributed by atoms with Crippen molar-refractivity contribution in [1.82, 2.24) is 14.6 Å². The van der Waals surface area contributed by atoms with Gasteiger partial charge in [-0.15, -0.1) is 0 Å². The van der Waals surface area contributed by atoms with Crippen LogP contribution in [-0.2, 0) is 11.2 Å². The van der Waals surface area contributed by atoms with E-state index in [9.17, 15) is 0 Å². The molecular weight excluding hydrogens is 374 g/mol. The van der Waals surface area contributed by atoms with Crippen LogP contribution in [0.5, 0.6) is 0 Å². The fourth-order valence-electron chi connectivity index (χ4n) is 4.20. The molecule has 1 saturated heterocycles. The molecule has 0 saturated carbocycles. The largest absolute Gasteiger partial charge is 0.378 e. The van der Waals surface area contributed by atoms with Gasteiger partial charge in [-0.3, -0.25) is 4.99 Å². The van der Waals surface area contributed by atoms with E-state index in [2.05, 4.69) is 65.3 Å². The number of morpholine rings is 1. The zero-order valence-electron chi connectivity index (χ0n) is 17.4. The Kier molecular flexibility index (Phi) is 4.93. The lowest BCUT2D eigenvalue weighted by molar-refractivity contribution is 0.122. The predicted octanol–water partition coefficient (Wildman–Crippen LogP) is 3.67. The summed E-state index contributed by atoms with van der Waals surface area (Å²) < 4.78 is 7.44. The lowest BCUT2D eigenvalue weighted by Crippen LogP contribution is -2.37. The molecule has 0 unspecified atom stereocenters. The third kappa shape index (κ3) is 3.33. The van der Waals surface area contributed by atoms with Crippen LogP contribution < -0.4 is 4.90 Å². The molecule has 5 rings (SSSR count). The molecule has 6 heteroatoms. The second kappa shape index (κ2) is 7.88. The van der Waals surface area contributed by atoms with E-state index in [-0.39, 0.29) is 0 Å². The number of hydrogen-bond acceptors (Lipinski definition) is 5. The standard InChI is InChI=1S/C24H25N5O/c1-17-22(14-19-8-5-7-18-6-3-4-9-21(18)19)24-26-23(28-10-12-30-13-11-28)15-20(16-25-2)29(24)27-17/h3-9,15-16H,10-14H2,1-2H3. The van der Waals surface area contributed by atoms with Crippen LogP contribution in [0.1, 0.15) is 22.5 Å². The summed E-state index contributed by atoms with van der Waals surface area (Å²) in [6, 6.07) is 17.1. The van der Waals surface area contributed by atoms with Crippen LogP contribution in [0.4, 0.5) is 5.82 Å². The molecule has 0 N–H and O–H groups in total. The van der Waals surface area contributed by atoms with Crippen LogP contribution >= 0.6 is 0 Å². The van der Waals surface area contributed by atoms with Crippen LogP contribution in [0.15, 0.2) is 53.5 Å². The highest BCUT2D eigenvalue weighted by Crippen LogP contribution is 2.26. The van der Waals surface area contributed by atoms with Crippen molar-refractivity contribution in [2.75, 3.05) is 38.3 Å². The van der Waals surface area contributed by atoms with Gasteiger partial charge in [0.1, 0.15) is 5.82 Å². The number of aryl methyl sites for hydroxylation is 1. The lowest BCUT2D eigenvalue weighted by atomic mass is 9.98. The van der Waals surface area contributed by atoms with Crippen molar-refractivity contribution in [2.24, 2.45) is 4.99 Å². The number of hydrogen-bond donors (Lipinski definition) is 0. The summed E-state index contributed by atoms with van der Waals surface area (Å²) in [5.41, 5.74) is 5.29. The molecule has 6 nitrogen and oxygen atoms in total. The van der Waals surface area contributed by atoms with E-state index in [1.54, 1.807) is 7.05 Å². The second-order valence-electron chi connectivity index (χ2n) is 7.64. The normalized spacial score (nSPS) is 14.9. The summed E-state index contributed by atoms with van der Waals surface area (Å²) in [6.45, 7) is 5.21. The first-order valence-corrected chi connectivity index (χ1v) is 10.4. The number of fused-ring (bicyclic) bond motifs is 2. The van der Waals surface area contributed by atoms with Gasteiger partial charge < -0.3 is 9.64 Å². The van der Waals surface area contributed by atoms with Gasteiger partial charge in [0.15, 0.2) is 5.65 Å². The Morgan fingerprint density at radius 1 is 1.10 bits per heavy atom. The van der Waals surface area contributed by atoms with Crippen molar-refractivity contribution in [3.05, 3.63) is 71.0 Å². The number of aliphatic imine (C=N–C) groups is 1. The molecule has 3 heterocycles. The summed E-state index contributed by atoms with van der Waals surface area (Å²) in [5.74, 6) is 0.958. The summed E-state index contributed by atoms with van der Waals surface area (Å²) in [4.78, 5) is 11.6. The molecule has 0 atom stereocenters. The van der Waals surface area contributed by atoms with Crippen LogP contribution in [0, 0.1) is 6.92 Å². The fraction of sp³-hybridized carbons (Fsp3) is 0.292. The first-order chi connectivity index (χ1) is 14.7. The van der Waals surface area contributed by atoms with Gasteiger partial charge in [0, 0.05) is 44.4 Å². The zero-order valence-corrected chi connectivity index (χ0v) is 17.4. The minimum atomic E-state index is 0.727. The molecule has 2 aromatic carbocycles. The van der Waals surface area contributed by atoms with Gasteiger partial charge in [-0.25, -0.2) is 9.50 Å². The zero-order chi connectivity index (χ0) is 20.5. The maximum absolute atomic E-state index is 5.52. The molecule has 152 valence electrons. The second-order valence-corrected chi connectivity index (χ2v) is 7.64. The maximum atomic E-state index is 5.52. The average molecular weight is 399 g/mol. The van der Waals surface area contributed by atoms with E-state index < -0.39 is 0 Å². The molecule has 0 aliphatic carbocycles. The van der Waals surface area contributed by atoms with Gasteiger partial charge in [-0.1, -0.05) is 42.5 Å². The Morgan fingerprint density at radius 3 is 2.73 bits per heavy atom. The first-order valence-electron chi connectivity index (χ1n) is 10.4. The monoisotopic (exact) mass is 399 g/mol. The molecule has 0 amide bonds. The Labute approximate surface area is 175 Å². The molecular formula is C24H25N5O. The summed E-state index contributed by atoms with van der Waals surface area (Å²) in [6.07, 6.45) is 2.64. The summed E-state index contributed by atoms with van der Waals surface area (Å²) >= 11 is 0. The molecule has 1 fully saturated rings. The highest BCUT2D eigenvalue weighted by molar-refractivity contribution is 5.86. The number of anilines is 1. The molecule has 4 aromatic rings. The van der Waals surface area contributed by atoms with Gasteiger partial charge in [0.05, 0.1) is 24.6 Å².